The highest BCUT2D eigenvalue weighted by Gasteiger charge is 2.23. The van der Waals surface area contributed by atoms with Crippen LogP contribution in [0.1, 0.15) is 43.6 Å². The van der Waals surface area contributed by atoms with Crippen molar-refractivity contribution in [3.63, 3.8) is 0 Å². The number of ketones is 1. The lowest BCUT2D eigenvalue weighted by molar-refractivity contribution is 0.0988. The van der Waals surface area contributed by atoms with Crippen LogP contribution >= 0.6 is 11.8 Å². The van der Waals surface area contributed by atoms with Gasteiger partial charge in [-0.25, -0.2) is 9.89 Å². The fourth-order valence-corrected chi connectivity index (χ4v) is 3.24. The normalized spacial score (nSPS) is 12.6. The molecule has 0 aliphatic heterocycles. The van der Waals surface area contributed by atoms with E-state index in [0.29, 0.717) is 17.1 Å². The first kappa shape index (κ1) is 15.6. The summed E-state index contributed by atoms with van der Waals surface area (Å²) in [6, 6.07) is 9.21. The Morgan fingerprint density at radius 1 is 1.33 bits per heavy atom. The lowest BCUT2D eigenvalue weighted by Gasteiger charge is -2.14. The van der Waals surface area contributed by atoms with Crippen LogP contribution in [-0.4, -0.2) is 25.8 Å². The SMILES string of the molecule is CCC(Sc1n[nH]c(=O)n1C(C)C)C(=O)c1ccccc1. The zero-order valence-corrected chi connectivity index (χ0v) is 13.2. The Balaban J connectivity index is 2.24. The van der Waals surface area contributed by atoms with E-state index in [1.54, 1.807) is 4.57 Å². The van der Waals surface area contributed by atoms with Crippen molar-refractivity contribution in [2.45, 2.75) is 43.6 Å². The first-order valence-corrected chi connectivity index (χ1v) is 7.85. The summed E-state index contributed by atoms with van der Waals surface area (Å²) in [7, 11) is 0. The van der Waals surface area contributed by atoms with Crippen LogP contribution in [0.25, 0.3) is 0 Å². The Bertz CT molecular complexity index is 661. The van der Waals surface area contributed by atoms with Crippen LogP contribution in [0.15, 0.2) is 40.3 Å². The summed E-state index contributed by atoms with van der Waals surface area (Å²) < 4.78 is 1.58. The molecule has 0 fully saturated rings. The van der Waals surface area contributed by atoms with Gasteiger partial charge in [-0.15, -0.1) is 5.10 Å². The van der Waals surface area contributed by atoms with Crippen molar-refractivity contribution in [1.29, 1.82) is 0 Å². The molecule has 112 valence electrons. The van der Waals surface area contributed by atoms with Crippen LogP contribution in [0.3, 0.4) is 0 Å². The molecule has 0 saturated heterocycles. The minimum Gasteiger partial charge on any atom is -0.293 e. The van der Waals surface area contributed by atoms with Crippen molar-refractivity contribution in [2.75, 3.05) is 0 Å². The zero-order chi connectivity index (χ0) is 15.4. The van der Waals surface area contributed by atoms with Gasteiger partial charge < -0.3 is 0 Å². The van der Waals surface area contributed by atoms with Gasteiger partial charge in [0.1, 0.15) is 0 Å². The number of carbonyl (C=O) groups excluding carboxylic acids is 1. The zero-order valence-electron chi connectivity index (χ0n) is 12.4. The molecule has 0 amide bonds. The third kappa shape index (κ3) is 3.44. The first-order chi connectivity index (χ1) is 10.0. The molecule has 0 bridgehead atoms. The number of rotatable bonds is 6. The molecule has 2 aromatic rings. The monoisotopic (exact) mass is 305 g/mol. The van der Waals surface area contributed by atoms with Crippen molar-refractivity contribution >= 4 is 17.5 Å². The van der Waals surface area contributed by atoms with Crippen LogP contribution in [0, 0.1) is 0 Å². The standard InChI is InChI=1S/C15H19N3O2S/c1-4-12(13(19)11-8-6-5-7-9-11)21-15-17-16-14(20)18(15)10(2)3/h5-10,12H,4H2,1-3H3,(H,16,20). The minimum atomic E-state index is -0.250. The topological polar surface area (TPSA) is 67.8 Å². The fourth-order valence-electron chi connectivity index (χ4n) is 2.07. The summed E-state index contributed by atoms with van der Waals surface area (Å²) in [5.74, 6) is 0.0638. The van der Waals surface area contributed by atoms with Crippen LogP contribution < -0.4 is 5.69 Å². The molecule has 2 rings (SSSR count). The Hall–Kier alpha value is -1.82. The predicted octanol–water partition coefficient (Wildman–Crippen LogP) is 2.91. The second-order valence-electron chi connectivity index (χ2n) is 5.02. The van der Waals surface area contributed by atoms with Crippen molar-refractivity contribution in [2.24, 2.45) is 0 Å². The van der Waals surface area contributed by atoms with Gasteiger partial charge in [0.2, 0.25) is 0 Å². The molecule has 5 nitrogen and oxygen atoms in total. The van der Waals surface area contributed by atoms with E-state index in [1.807, 2.05) is 51.1 Å². The molecule has 1 heterocycles. The van der Waals surface area contributed by atoms with E-state index in [0.717, 1.165) is 0 Å². The number of benzene rings is 1. The third-order valence-electron chi connectivity index (χ3n) is 3.16. The number of nitrogens with zero attached hydrogens (tertiary/aromatic N) is 2. The van der Waals surface area contributed by atoms with Gasteiger partial charge in [0.15, 0.2) is 10.9 Å². The van der Waals surface area contributed by atoms with Gasteiger partial charge >= 0.3 is 5.69 Å². The van der Waals surface area contributed by atoms with Crippen molar-refractivity contribution in [1.82, 2.24) is 14.8 Å². The maximum Gasteiger partial charge on any atom is 0.344 e. The van der Waals surface area contributed by atoms with E-state index in [4.69, 9.17) is 0 Å². The largest absolute Gasteiger partial charge is 0.344 e. The smallest absolute Gasteiger partial charge is 0.293 e. The van der Waals surface area contributed by atoms with Crippen LogP contribution in [0.4, 0.5) is 0 Å². The number of hydrogen-bond donors (Lipinski definition) is 1. The van der Waals surface area contributed by atoms with E-state index < -0.39 is 0 Å². The lowest BCUT2D eigenvalue weighted by atomic mass is 10.1. The predicted molar refractivity (Wildman–Crippen MR) is 83.9 cm³/mol. The van der Waals surface area contributed by atoms with Gasteiger partial charge in [0.05, 0.1) is 5.25 Å². The molecule has 21 heavy (non-hydrogen) atoms. The number of aromatic amines is 1. The molecule has 0 aliphatic carbocycles. The maximum atomic E-state index is 12.5. The third-order valence-corrected chi connectivity index (χ3v) is 4.49. The number of Topliss-reactive ketones (excluding diaryl/α,β-unsaturated/α-hetero) is 1. The highest BCUT2D eigenvalue weighted by atomic mass is 32.2. The highest BCUT2D eigenvalue weighted by Crippen LogP contribution is 2.27. The van der Waals surface area contributed by atoms with Gasteiger partial charge in [0, 0.05) is 11.6 Å². The molecule has 0 aliphatic rings. The second kappa shape index (κ2) is 6.76. The molecule has 1 N–H and O–H groups in total. The molecule has 6 heteroatoms. The van der Waals surface area contributed by atoms with E-state index in [9.17, 15) is 9.59 Å². The van der Waals surface area contributed by atoms with Crippen molar-refractivity contribution in [3.05, 3.63) is 46.4 Å². The van der Waals surface area contributed by atoms with Gasteiger partial charge in [0.25, 0.3) is 0 Å². The Kier molecular flexibility index (Phi) is 5.01. The van der Waals surface area contributed by atoms with Crippen LogP contribution in [0.5, 0.6) is 0 Å². The summed E-state index contributed by atoms with van der Waals surface area (Å²) in [5.41, 5.74) is 0.445. The Morgan fingerprint density at radius 2 is 2.00 bits per heavy atom. The number of H-pyrrole nitrogens is 1. The molecular formula is C15H19N3O2S. The fraction of sp³-hybridized carbons (Fsp3) is 0.400. The van der Waals surface area contributed by atoms with E-state index in [1.165, 1.54) is 11.8 Å². The summed E-state index contributed by atoms with van der Waals surface area (Å²) in [6.07, 6.45) is 0.678. The van der Waals surface area contributed by atoms with Gasteiger partial charge in [-0.05, 0) is 20.3 Å². The summed E-state index contributed by atoms with van der Waals surface area (Å²) in [6.45, 7) is 5.80. The quantitative estimate of drug-likeness (QED) is 0.658. The van der Waals surface area contributed by atoms with E-state index >= 15 is 0 Å². The minimum absolute atomic E-state index is 0.00286. The number of aromatic nitrogens is 3. The van der Waals surface area contributed by atoms with Gasteiger partial charge in [-0.2, -0.15) is 0 Å². The first-order valence-electron chi connectivity index (χ1n) is 6.97. The van der Waals surface area contributed by atoms with Gasteiger partial charge in [-0.1, -0.05) is 49.0 Å². The van der Waals surface area contributed by atoms with Crippen molar-refractivity contribution in [3.8, 4) is 0 Å². The maximum absolute atomic E-state index is 12.5. The van der Waals surface area contributed by atoms with Crippen molar-refractivity contribution < 1.29 is 4.79 Å². The summed E-state index contributed by atoms with van der Waals surface area (Å²) in [5, 5.41) is 6.80. The summed E-state index contributed by atoms with van der Waals surface area (Å²) >= 11 is 1.34. The number of carbonyl (C=O) groups is 1. The Labute approximate surface area is 127 Å². The molecule has 0 saturated carbocycles. The molecule has 1 atom stereocenters. The lowest BCUT2D eigenvalue weighted by Crippen LogP contribution is -2.22. The average Bonchev–Trinajstić information content (AvgIpc) is 2.85. The van der Waals surface area contributed by atoms with E-state index in [2.05, 4.69) is 10.2 Å². The van der Waals surface area contributed by atoms with E-state index in [-0.39, 0.29) is 22.8 Å². The molecular weight excluding hydrogens is 286 g/mol. The number of hydrogen-bond acceptors (Lipinski definition) is 4. The molecule has 1 unspecified atom stereocenters. The molecule has 0 radical (unpaired) electrons. The average molecular weight is 305 g/mol. The number of nitrogens with one attached hydrogen (secondary N) is 1. The molecule has 1 aromatic heterocycles. The highest BCUT2D eigenvalue weighted by molar-refractivity contribution is 8.00. The summed E-state index contributed by atoms with van der Waals surface area (Å²) in [4.78, 5) is 24.3. The Morgan fingerprint density at radius 3 is 2.57 bits per heavy atom. The second-order valence-corrected chi connectivity index (χ2v) is 6.19. The number of thioether (sulfide) groups is 1. The molecule has 0 spiro atoms. The molecule has 1 aromatic carbocycles. The van der Waals surface area contributed by atoms with Crippen LogP contribution in [-0.2, 0) is 0 Å². The van der Waals surface area contributed by atoms with Gasteiger partial charge in [-0.3, -0.25) is 9.36 Å². The van der Waals surface area contributed by atoms with Crippen LogP contribution in [0.2, 0.25) is 0 Å².